The molecule has 3 rings (SSSR count). The van der Waals surface area contributed by atoms with Crippen LogP contribution in [0.5, 0.6) is 0 Å². The van der Waals surface area contributed by atoms with Gasteiger partial charge in [-0.2, -0.15) is 0 Å². The van der Waals surface area contributed by atoms with E-state index in [2.05, 4.69) is 5.32 Å². The van der Waals surface area contributed by atoms with Crippen molar-refractivity contribution in [3.8, 4) is 0 Å². The van der Waals surface area contributed by atoms with Gasteiger partial charge in [-0.3, -0.25) is 19.3 Å². The highest BCUT2D eigenvalue weighted by Crippen LogP contribution is 2.46. The van der Waals surface area contributed by atoms with E-state index in [1.54, 1.807) is 24.3 Å². The molecule has 1 saturated heterocycles. The van der Waals surface area contributed by atoms with Gasteiger partial charge in [0, 0.05) is 25.4 Å². The van der Waals surface area contributed by atoms with Crippen molar-refractivity contribution in [1.29, 1.82) is 0 Å². The highest BCUT2D eigenvalue weighted by atomic mass is 32.2. The molecular weight excluding hydrogens is 400 g/mol. The van der Waals surface area contributed by atoms with E-state index >= 15 is 0 Å². The predicted molar refractivity (Wildman–Crippen MR) is 102 cm³/mol. The van der Waals surface area contributed by atoms with Crippen LogP contribution in [-0.2, 0) is 35.1 Å². The molecule has 2 aliphatic rings. The van der Waals surface area contributed by atoms with E-state index < -0.39 is 34.9 Å². The topological polar surface area (TPSA) is 122 Å². The summed E-state index contributed by atoms with van der Waals surface area (Å²) in [7, 11) is 1.29. The molecule has 0 saturated carbocycles. The van der Waals surface area contributed by atoms with Gasteiger partial charge in [-0.1, -0.05) is 30.3 Å². The number of thioether (sulfide) groups is 1. The Kier molecular flexibility index (Phi) is 5.94. The number of carbonyl (C=O) groups is 4. The number of aliphatic carboxylic acids is 1. The second kappa shape index (κ2) is 8.26. The average molecular weight is 420 g/mol. The maximum Gasteiger partial charge on any atom is 0.352 e. The maximum absolute atomic E-state index is 12.9. The minimum Gasteiger partial charge on any atom is -0.477 e. The molecule has 29 heavy (non-hydrogen) atoms. The SMILES string of the molecule is CO[C@@]1(NC(=O)Cc2ccccc2)C(=O)N2C(C(=O)O)=C(COC(C)=O)CS[C@@H]21. The molecule has 1 aromatic carbocycles. The molecule has 10 heteroatoms. The average Bonchev–Trinajstić information content (AvgIpc) is 2.69. The molecule has 2 N–H and O–H groups in total. The van der Waals surface area contributed by atoms with Crippen LogP contribution in [0.1, 0.15) is 12.5 Å². The lowest BCUT2D eigenvalue weighted by Crippen LogP contribution is -2.80. The summed E-state index contributed by atoms with van der Waals surface area (Å²) in [5.74, 6) is -2.76. The van der Waals surface area contributed by atoms with E-state index in [0.717, 1.165) is 10.5 Å². The van der Waals surface area contributed by atoms with Crippen molar-refractivity contribution in [3.63, 3.8) is 0 Å². The quantitative estimate of drug-likeness (QED) is 0.372. The number of amides is 2. The fourth-order valence-electron chi connectivity index (χ4n) is 3.28. The van der Waals surface area contributed by atoms with Crippen LogP contribution in [-0.4, -0.2) is 64.3 Å². The molecule has 0 aliphatic carbocycles. The maximum atomic E-state index is 12.9. The number of carbonyl (C=O) groups excluding carboxylic acids is 3. The molecule has 0 spiro atoms. The number of carboxylic acids is 1. The van der Waals surface area contributed by atoms with Crippen LogP contribution in [0.25, 0.3) is 0 Å². The van der Waals surface area contributed by atoms with Crippen molar-refractivity contribution in [1.82, 2.24) is 10.2 Å². The Bertz CT molecular complexity index is 886. The van der Waals surface area contributed by atoms with Crippen LogP contribution in [0.3, 0.4) is 0 Å². The zero-order valence-electron chi connectivity index (χ0n) is 15.8. The summed E-state index contributed by atoms with van der Waals surface area (Å²) in [5.41, 5.74) is -0.817. The largest absolute Gasteiger partial charge is 0.477 e. The van der Waals surface area contributed by atoms with E-state index in [4.69, 9.17) is 9.47 Å². The molecule has 2 atom stereocenters. The lowest BCUT2D eigenvalue weighted by molar-refractivity contribution is -0.192. The Morgan fingerprint density at radius 2 is 2.00 bits per heavy atom. The number of hydrogen-bond acceptors (Lipinski definition) is 7. The van der Waals surface area contributed by atoms with Gasteiger partial charge in [-0.05, 0) is 5.56 Å². The van der Waals surface area contributed by atoms with E-state index in [1.165, 1.54) is 25.8 Å². The molecule has 9 nitrogen and oxygen atoms in total. The van der Waals surface area contributed by atoms with Gasteiger partial charge in [-0.25, -0.2) is 4.79 Å². The third kappa shape index (κ3) is 3.85. The number of hydrogen-bond donors (Lipinski definition) is 2. The first-order chi connectivity index (χ1) is 13.8. The van der Waals surface area contributed by atoms with Crippen LogP contribution in [0, 0.1) is 0 Å². The number of rotatable bonds is 7. The summed E-state index contributed by atoms with van der Waals surface area (Å²) >= 11 is 1.23. The number of methoxy groups -OCH3 is 1. The minimum atomic E-state index is -1.65. The molecule has 1 aromatic rings. The first kappa shape index (κ1) is 20.9. The number of nitrogens with one attached hydrogen (secondary N) is 1. The summed E-state index contributed by atoms with van der Waals surface area (Å²) in [6, 6.07) is 9.01. The van der Waals surface area contributed by atoms with Crippen LogP contribution in [0.15, 0.2) is 41.6 Å². The van der Waals surface area contributed by atoms with Gasteiger partial charge in [0.2, 0.25) is 5.91 Å². The molecule has 2 heterocycles. The predicted octanol–water partition coefficient (Wildman–Crippen LogP) is 0.505. The highest BCUT2D eigenvalue weighted by molar-refractivity contribution is 8.00. The van der Waals surface area contributed by atoms with Crippen LogP contribution < -0.4 is 5.32 Å². The highest BCUT2D eigenvalue weighted by Gasteiger charge is 2.66. The van der Waals surface area contributed by atoms with Gasteiger partial charge < -0.3 is 19.9 Å². The van der Waals surface area contributed by atoms with Crippen molar-refractivity contribution < 1.29 is 33.8 Å². The summed E-state index contributed by atoms with van der Waals surface area (Å²) in [4.78, 5) is 49.3. The first-order valence-corrected chi connectivity index (χ1v) is 9.79. The second-order valence-corrected chi connectivity index (χ2v) is 7.59. The van der Waals surface area contributed by atoms with Crippen molar-refractivity contribution >= 4 is 35.5 Å². The van der Waals surface area contributed by atoms with Gasteiger partial charge >= 0.3 is 11.9 Å². The zero-order valence-corrected chi connectivity index (χ0v) is 16.7. The van der Waals surface area contributed by atoms with Crippen molar-refractivity contribution in [2.45, 2.75) is 24.4 Å². The summed E-state index contributed by atoms with van der Waals surface area (Å²) < 4.78 is 10.3. The molecule has 0 bridgehead atoms. The smallest absolute Gasteiger partial charge is 0.352 e. The van der Waals surface area contributed by atoms with Gasteiger partial charge in [0.1, 0.15) is 17.7 Å². The minimum absolute atomic E-state index is 0.0515. The Hall–Kier alpha value is -2.85. The van der Waals surface area contributed by atoms with Gasteiger partial charge in [-0.15, -0.1) is 11.8 Å². The standard InChI is InChI=1S/C19H20N2O7S/c1-11(22)28-9-13-10-29-18-19(27-2,17(26)21(18)15(13)16(24)25)20-14(23)8-12-6-4-3-5-7-12/h3-7,18H,8-10H2,1-2H3,(H,20,23)(H,24,25)/t18-,19+/m1/s1. The number of esters is 1. The number of benzene rings is 1. The lowest BCUT2D eigenvalue weighted by atomic mass is 9.97. The van der Waals surface area contributed by atoms with Crippen LogP contribution >= 0.6 is 11.8 Å². The Labute approximate surface area is 171 Å². The summed E-state index contributed by atoms with van der Waals surface area (Å²) in [6.45, 7) is 0.994. The number of nitrogens with zero attached hydrogens (tertiary/aromatic N) is 1. The molecule has 0 radical (unpaired) electrons. The number of fused-ring (bicyclic) bond motifs is 1. The van der Waals surface area contributed by atoms with Gasteiger partial charge in [0.25, 0.3) is 11.6 Å². The second-order valence-electron chi connectivity index (χ2n) is 6.53. The third-order valence-electron chi connectivity index (χ3n) is 4.62. The van der Waals surface area contributed by atoms with Gasteiger partial charge in [0.05, 0.1) is 6.42 Å². The lowest BCUT2D eigenvalue weighted by Gasteiger charge is -2.55. The fourth-order valence-corrected chi connectivity index (χ4v) is 4.70. The number of β-lactam (4-membered cyclic amide) rings is 1. The fraction of sp³-hybridized carbons (Fsp3) is 0.368. The Morgan fingerprint density at radius 3 is 2.59 bits per heavy atom. The third-order valence-corrected chi connectivity index (χ3v) is 5.99. The summed E-state index contributed by atoms with van der Waals surface area (Å²) in [5, 5.41) is 11.5. The van der Waals surface area contributed by atoms with Crippen molar-refractivity contribution in [2.75, 3.05) is 19.5 Å². The van der Waals surface area contributed by atoms with Crippen LogP contribution in [0.2, 0.25) is 0 Å². The molecule has 1 fully saturated rings. The molecule has 2 aliphatic heterocycles. The zero-order chi connectivity index (χ0) is 21.2. The normalized spacial score (nSPS) is 23.2. The van der Waals surface area contributed by atoms with Crippen molar-refractivity contribution in [3.05, 3.63) is 47.2 Å². The first-order valence-electron chi connectivity index (χ1n) is 8.74. The molecule has 2 amide bonds. The van der Waals surface area contributed by atoms with E-state index in [1.807, 2.05) is 6.07 Å². The molecule has 0 aromatic heterocycles. The van der Waals surface area contributed by atoms with Gasteiger partial charge in [0.15, 0.2) is 0 Å². The Morgan fingerprint density at radius 1 is 1.31 bits per heavy atom. The van der Waals surface area contributed by atoms with E-state index in [0.29, 0.717) is 5.57 Å². The molecule has 0 unspecified atom stereocenters. The number of carboxylic acid groups (broad SMARTS) is 1. The van der Waals surface area contributed by atoms with Crippen molar-refractivity contribution in [2.24, 2.45) is 0 Å². The monoisotopic (exact) mass is 420 g/mol. The summed E-state index contributed by atoms with van der Waals surface area (Å²) in [6.07, 6.45) is 0.0515. The molecule has 154 valence electrons. The molecular formula is C19H20N2O7S. The van der Waals surface area contributed by atoms with Crippen LogP contribution in [0.4, 0.5) is 0 Å². The number of ether oxygens (including phenoxy) is 2. The van der Waals surface area contributed by atoms with E-state index in [9.17, 15) is 24.3 Å². The Balaban J connectivity index is 1.80. The van der Waals surface area contributed by atoms with E-state index in [-0.39, 0.29) is 24.5 Å².